The predicted octanol–water partition coefficient (Wildman–Crippen LogP) is 4.73. The zero-order valence-electron chi connectivity index (χ0n) is 20.9. The Balaban J connectivity index is 1.66. The molecule has 8 nitrogen and oxygen atoms in total. The van der Waals surface area contributed by atoms with Gasteiger partial charge in [-0.05, 0) is 44.4 Å². The summed E-state index contributed by atoms with van der Waals surface area (Å²) in [5.74, 6) is -0.968. The zero-order chi connectivity index (χ0) is 28.1. The van der Waals surface area contributed by atoms with Crippen molar-refractivity contribution in [1.29, 1.82) is 0 Å². The SMILES string of the molecule is CC1CCCN1c1nc2c(c(-c3cc(N)nc(N)c3C(F)(F)F)n1)CCN(c1ncccc1C(F)(F)F)CC2. The predicted molar refractivity (Wildman–Crippen MR) is 134 cm³/mol. The van der Waals surface area contributed by atoms with Crippen LogP contribution >= 0.6 is 0 Å². The van der Waals surface area contributed by atoms with Gasteiger partial charge >= 0.3 is 12.4 Å². The van der Waals surface area contributed by atoms with Gasteiger partial charge in [-0.25, -0.2) is 19.9 Å². The average Bonchev–Trinajstić information content (AvgIpc) is 3.16. The second kappa shape index (κ2) is 9.72. The molecule has 4 N–H and O–H groups in total. The van der Waals surface area contributed by atoms with Crippen LogP contribution in [0.5, 0.6) is 0 Å². The number of alkyl halides is 6. The minimum Gasteiger partial charge on any atom is -0.384 e. The second-order valence-corrected chi connectivity index (χ2v) is 9.69. The van der Waals surface area contributed by atoms with Gasteiger partial charge in [0.15, 0.2) is 0 Å². The molecule has 2 aliphatic heterocycles. The third-order valence-electron chi connectivity index (χ3n) is 7.14. The van der Waals surface area contributed by atoms with Crippen LogP contribution in [0.1, 0.15) is 42.1 Å². The topological polar surface area (TPSA) is 110 Å². The van der Waals surface area contributed by atoms with Gasteiger partial charge < -0.3 is 21.3 Å². The van der Waals surface area contributed by atoms with Gasteiger partial charge in [0.2, 0.25) is 5.95 Å². The molecule has 0 radical (unpaired) electrons. The number of rotatable bonds is 3. The maximum atomic E-state index is 14.2. The molecule has 0 spiro atoms. The average molecular weight is 553 g/mol. The summed E-state index contributed by atoms with van der Waals surface area (Å²) in [6, 6.07) is 3.32. The van der Waals surface area contributed by atoms with Crippen molar-refractivity contribution in [3.05, 3.63) is 46.8 Å². The van der Waals surface area contributed by atoms with Crippen LogP contribution in [0.4, 0.5) is 49.7 Å². The molecule has 3 aromatic rings. The summed E-state index contributed by atoms with van der Waals surface area (Å²) >= 11 is 0. The Morgan fingerprint density at radius 2 is 1.69 bits per heavy atom. The van der Waals surface area contributed by atoms with Crippen molar-refractivity contribution in [3.63, 3.8) is 0 Å². The summed E-state index contributed by atoms with van der Waals surface area (Å²) in [6.07, 6.45) is -6.22. The van der Waals surface area contributed by atoms with E-state index in [-0.39, 0.29) is 60.8 Å². The molecule has 0 aliphatic carbocycles. The third kappa shape index (κ3) is 5.11. The highest BCUT2D eigenvalue weighted by atomic mass is 19.4. The first-order valence-corrected chi connectivity index (χ1v) is 12.4. The van der Waals surface area contributed by atoms with E-state index in [0.29, 0.717) is 17.8 Å². The number of hydrogen-bond donors (Lipinski definition) is 2. The second-order valence-electron chi connectivity index (χ2n) is 9.69. The Labute approximate surface area is 220 Å². The number of aromatic nitrogens is 4. The molecule has 1 unspecified atom stereocenters. The van der Waals surface area contributed by atoms with Crippen LogP contribution in [0.2, 0.25) is 0 Å². The largest absolute Gasteiger partial charge is 0.420 e. The summed E-state index contributed by atoms with van der Waals surface area (Å²) in [5.41, 5.74) is 10.00. The number of nitrogen functional groups attached to an aromatic ring is 2. The molecule has 1 saturated heterocycles. The zero-order valence-corrected chi connectivity index (χ0v) is 20.9. The van der Waals surface area contributed by atoms with E-state index in [4.69, 9.17) is 16.5 Å². The van der Waals surface area contributed by atoms with Gasteiger partial charge in [-0.3, -0.25) is 0 Å². The van der Waals surface area contributed by atoms with E-state index >= 15 is 0 Å². The molecule has 5 rings (SSSR count). The molecule has 3 aromatic heterocycles. The summed E-state index contributed by atoms with van der Waals surface area (Å²) in [7, 11) is 0. The normalized spacial score (nSPS) is 18.3. The van der Waals surface area contributed by atoms with E-state index in [1.807, 2.05) is 11.8 Å². The molecule has 208 valence electrons. The van der Waals surface area contributed by atoms with Gasteiger partial charge in [0.25, 0.3) is 0 Å². The van der Waals surface area contributed by atoms with Crippen LogP contribution < -0.4 is 21.3 Å². The van der Waals surface area contributed by atoms with Gasteiger partial charge in [-0.15, -0.1) is 0 Å². The number of nitrogens with two attached hydrogens (primary N) is 2. The Hall–Kier alpha value is -3.84. The van der Waals surface area contributed by atoms with Crippen molar-refractivity contribution in [2.75, 3.05) is 40.9 Å². The Morgan fingerprint density at radius 1 is 0.949 bits per heavy atom. The molecule has 5 heterocycles. The molecular weight excluding hydrogens is 526 g/mol. The molecule has 2 aliphatic rings. The summed E-state index contributed by atoms with van der Waals surface area (Å²) in [6.45, 7) is 2.79. The fourth-order valence-corrected chi connectivity index (χ4v) is 5.32. The Kier molecular flexibility index (Phi) is 6.67. The van der Waals surface area contributed by atoms with E-state index < -0.39 is 29.3 Å². The number of nitrogens with zero attached hydrogens (tertiary/aromatic N) is 6. The quantitative estimate of drug-likeness (QED) is 0.449. The molecule has 0 bridgehead atoms. The van der Waals surface area contributed by atoms with E-state index in [0.717, 1.165) is 25.0 Å². The number of anilines is 4. The number of halogens is 6. The molecule has 0 saturated carbocycles. The van der Waals surface area contributed by atoms with Gasteiger partial charge in [0.1, 0.15) is 23.0 Å². The van der Waals surface area contributed by atoms with E-state index in [9.17, 15) is 26.3 Å². The van der Waals surface area contributed by atoms with Crippen LogP contribution in [0, 0.1) is 0 Å². The lowest BCUT2D eigenvalue weighted by molar-refractivity contribution is -0.137. The molecule has 0 amide bonds. The Bertz CT molecular complexity index is 1390. The monoisotopic (exact) mass is 552 g/mol. The van der Waals surface area contributed by atoms with Gasteiger partial charge in [0, 0.05) is 49.4 Å². The van der Waals surface area contributed by atoms with Crippen LogP contribution in [-0.2, 0) is 25.2 Å². The highest BCUT2D eigenvalue weighted by Crippen LogP contribution is 2.43. The fraction of sp³-hybridized carbons (Fsp3) is 0.440. The van der Waals surface area contributed by atoms with Crippen LogP contribution in [-0.4, -0.2) is 45.6 Å². The van der Waals surface area contributed by atoms with Crippen LogP contribution in [0.15, 0.2) is 24.4 Å². The maximum Gasteiger partial charge on any atom is 0.420 e. The molecule has 0 aromatic carbocycles. The first kappa shape index (κ1) is 26.8. The first-order valence-electron chi connectivity index (χ1n) is 12.4. The lowest BCUT2D eigenvalue weighted by atomic mass is 9.97. The van der Waals surface area contributed by atoms with Gasteiger partial charge in [0.05, 0.1) is 17.0 Å². The molecule has 39 heavy (non-hydrogen) atoms. The van der Waals surface area contributed by atoms with Crippen molar-refractivity contribution < 1.29 is 26.3 Å². The van der Waals surface area contributed by atoms with Crippen molar-refractivity contribution in [3.8, 4) is 11.3 Å². The maximum absolute atomic E-state index is 14.2. The van der Waals surface area contributed by atoms with Crippen LogP contribution in [0.25, 0.3) is 11.3 Å². The molecule has 1 fully saturated rings. The molecular formula is C25H26F6N8. The van der Waals surface area contributed by atoms with E-state index in [1.165, 1.54) is 17.2 Å². The van der Waals surface area contributed by atoms with Crippen molar-refractivity contribution in [1.82, 2.24) is 19.9 Å². The van der Waals surface area contributed by atoms with Crippen molar-refractivity contribution in [2.45, 2.75) is 51.0 Å². The minimum absolute atomic E-state index is 0.00106. The third-order valence-corrected chi connectivity index (χ3v) is 7.14. The van der Waals surface area contributed by atoms with Gasteiger partial charge in [-0.1, -0.05) is 0 Å². The lowest BCUT2D eigenvalue weighted by Crippen LogP contribution is -2.29. The molecule has 1 atom stereocenters. The molecule has 14 heteroatoms. The van der Waals surface area contributed by atoms with Gasteiger partial charge in [-0.2, -0.15) is 26.3 Å². The lowest BCUT2D eigenvalue weighted by Gasteiger charge is -2.25. The van der Waals surface area contributed by atoms with Crippen LogP contribution in [0.3, 0.4) is 0 Å². The standard InChI is InChI=1S/C25H26F6N8/c1-13-4-3-9-39(13)23-35-17-7-11-38(22-16(24(26,27)28)5-2-8-34-22)10-6-14(17)20(37-23)15-12-18(32)36-21(33)19(15)25(29,30)31/h2,5,8,12-13H,3-4,6-7,9-11H2,1H3,(H4,32,33,36). The Morgan fingerprint density at radius 3 is 2.36 bits per heavy atom. The number of pyridine rings is 2. The highest BCUT2D eigenvalue weighted by molar-refractivity contribution is 5.76. The summed E-state index contributed by atoms with van der Waals surface area (Å²) < 4.78 is 83.8. The highest BCUT2D eigenvalue weighted by Gasteiger charge is 2.40. The van der Waals surface area contributed by atoms with E-state index in [2.05, 4.69) is 15.0 Å². The fourth-order valence-electron chi connectivity index (χ4n) is 5.32. The van der Waals surface area contributed by atoms with Crippen molar-refractivity contribution >= 4 is 23.4 Å². The summed E-state index contributed by atoms with van der Waals surface area (Å²) in [5, 5.41) is 0. The smallest absolute Gasteiger partial charge is 0.384 e. The number of fused-ring (bicyclic) bond motifs is 1. The first-order chi connectivity index (χ1) is 18.3. The summed E-state index contributed by atoms with van der Waals surface area (Å²) in [4.78, 5) is 20.3. The minimum atomic E-state index is -4.86. The van der Waals surface area contributed by atoms with E-state index in [1.54, 1.807) is 0 Å². The van der Waals surface area contributed by atoms with Crippen molar-refractivity contribution in [2.24, 2.45) is 0 Å². The number of hydrogen-bond acceptors (Lipinski definition) is 8.